The first-order chi connectivity index (χ1) is 10.8. The van der Waals surface area contributed by atoms with Gasteiger partial charge in [0.25, 0.3) is 5.91 Å². The van der Waals surface area contributed by atoms with Crippen molar-refractivity contribution in [1.29, 1.82) is 0 Å². The third-order valence-corrected chi connectivity index (χ3v) is 4.93. The molecule has 0 fully saturated rings. The SMILES string of the molecule is CC(C)NS(=O)(=O)c1ccc(C(=O)Nc2ccc(Br)cn2)cc1. The number of nitrogens with zero attached hydrogens (tertiary/aromatic N) is 1. The zero-order chi connectivity index (χ0) is 17.0. The van der Waals surface area contributed by atoms with Gasteiger partial charge in [-0.25, -0.2) is 18.1 Å². The maximum atomic E-state index is 12.1. The predicted octanol–water partition coefficient (Wildman–Crippen LogP) is 2.78. The van der Waals surface area contributed by atoms with Crippen LogP contribution in [0.2, 0.25) is 0 Å². The van der Waals surface area contributed by atoms with E-state index in [-0.39, 0.29) is 16.8 Å². The molecular weight excluding hydrogens is 382 g/mol. The Morgan fingerprint density at radius 3 is 2.30 bits per heavy atom. The molecule has 0 atom stereocenters. The van der Waals surface area contributed by atoms with Crippen molar-refractivity contribution in [2.24, 2.45) is 0 Å². The number of carbonyl (C=O) groups excluding carboxylic acids is 1. The molecule has 0 saturated heterocycles. The summed E-state index contributed by atoms with van der Waals surface area (Å²) in [4.78, 5) is 16.3. The molecule has 2 N–H and O–H groups in total. The largest absolute Gasteiger partial charge is 0.307 e. The molecule has 2 rings (SSSR count). The smallest absolute Gasteiger partial charge is 0.256 e. The molecule has 0 spiro atoms. The van der Waals surface area contributed by atoms with Crippen LogP contribution in [0.3, 0.4) is 0 Å². The van der Waals surface area contributed by atoms with E-state index in [2.05, 4.69) is 31.0 Å². The highest BCUT2D eigenvalue weighted by Gasteiger charge is 2.16. The van der Waals surface area contributed by atoms with E-state index < -0.39 is 10.0 Å². The van der Waals surface area contributed by atoms with Crippen molar-refractivity contribution >= 4 is 37.7 Å². The lowest BCUT2D eigenvalue weighted by atomic mass is 10.2. The fourth-order valence-corrected chi connectivity index (χ4v) is 3.29. The minimum Gasteiger partial charge on any atom is -0.307 e. The number of nitrogens with one attached hydrogen (secondary N) is 2. The molecule has 0 radical (unpaired) electrons. The molecule has 1 amide bonds. The molecule has 0 aliphatic rings. The molecule has 2 aromatic rings. The Labute approximate surface area is 143 Å². The summed E-state index contributed by atoms with van der Waals surface area (Å²) in [7, 11) is -3.56. The van der Waals surface area contributed by atoms with Crippen LogP contribution in [0.25, 0.3) is 0 Å². The first kappa shape index (κ1) is 17.6. The number of benzene rings is 1. The van der Waals surface area contributed by atoms with Crippen LogP contribution in [0.5, 0.6) is 0 Å². The second-order valence-corrected chi connectivity index (χ2v) is 7.75. The van der Waals surface area contributed by atoms with Crippen molar-refractivity contribution in [3.05, 3.63) is 52.6 Å². The fraction of sp³-hybridized carbons (Fsp3) is 0.200. The van der Waals surface area contributed by atoms with Gasteiger partial charge in [0.1, 0.15) is 5.82 Å². The molecule has 0 aliphatic heterocycles. The van der Waals surface area contributed by atoms with Gasteiger partial charge < -0.3 is 5.32 Å². The Kier molecular flexibility index (Phi) is 5.51. The van der Waals surface area contributed by atoms with Gasteiger partial charge in [0.15, 0.2) is 0 Å². The monoisotopic (exact) mass is 397 g/mol. The molecule has 0 saturated carbocycles. The summed E-state index contributed by atoms with van der Waals surface area (Å²) in [6.07, 6.45) is 1.57. The maximum absolute atomic E-state index is 12.1. The van der Waals surface area contributed by atoms with Crippen LogP contribution >= 0.6 is 15.9 Å². The Bertz CT molecular complexity index is 788. The average Bonchev–Trinajstić information content (AvgIpc) is 2.48. The minimum absolute atomic E-state index is 0.115. The van der Waals surface area contributed by atoms with Gasteiger partial charge in [-0.3, -0.25) is 4.79 Å². The number of sulfonamides is 1. The molecule has 6 nitrogen and oxygen atoms in total. The lowest BCUT2D eigenvalue weighted by Gasteiger charge is -2.10. The summed E-state index contributed by atoms with van der Waals surface area (Å²) in [5.41, 5.74) is 0.346. The molecule has 8 heteroatoms. The second-order valence-electron chi connectivity index (χ2n) is 5.12. The van der Waals surface area contributed by atoms with E-state index >= 15 is 0 Å². The number of aromatic nitrogens is 1. The number of amides is 1. The Hall–Kier alpha value is -1.77. The highest BCUT2D eigenvalue weighted by atomic mass is 79.9. The number of anilines is 1. The number of hydrogen-bond donors (Lipinski definition) is 2. The lowest BCUT2D eigenvalue weighted by Crippen LogP contribution is -2.30. The molecule has 0 aliphatic carbocycles. The van der Waals surface area contributed by atoms with Crippen molar-refractivity contribution in [1.82, 2.24) is 9.71 Å². The summed E-state index contributed by atoms with van der Waals surface area (Å²) in [5.74, 6) is 0.0527. The van der Waals surface area contributed by atoms with E-state index in [1.807, 2.05) is 0 Å². The van der Waals surface area contributed by atoms with Gasteiger partial charge in [-0.05, 0) is 66.2 Å². The summed E-state index contributed by atoms with van der Waals surface area (Å²) < 4.78 is 27.3. The van der Waals surface area contributed by atoms with Crippen LogP contribution in [-0.2, 0) is 10.0 Å². The molecule has 122 valence electrons. The highest BCUT2D eigenvalue weighted by Crippen LogP contribution is 2.14. The lowest BCUT2D eigenvalue weighted by molar-refractivity contribution is 0.102. The Morgan fingerprint density at radius 1 is 1.13 bits per heavy atom. The van der Waals surface area contributed by atoms with E-state index in [0.29, 0.717) is 11.4 Å². The first-order valence-corrected chi connectivity index (χ1v) is 9.11. The van der Waals surface area contributed by atoms with Crippen molar-refractivity contribution in [2.75, 3.05) is 5.32 Å². The third-order valence-electron chi connectivity index (χ3n) is 2.79. The summed E-state index contributed by atoms with van der Waals surface area (Å²) in [6.45, 7) is 3.48. The summed E-state index contributed by atoms with van der Waals surface area (Å²) >= 11 is 3.26. The quantitative estimate of drug-likeness (QED) is 0.811. The van der Waals surface area contributed by atoms with E-state index in [1.165, 1.54) is 24.3 Å². The molecule has 23 heavy (non-hydrogen) atoms. The maximum Gasteiger partial charge on any atom is 0.256 e. The van der Waals surface area contributed by atoms with Crippen molar-refractivity contribution in [2.45, 2.75) is 24.8 Å². The second kappa shape index (κ2) is 7.20. The minimum atomic E-state index is -3.56. The van der Waals surface area contributed by atoms with E-state index in [4.69, 9.17) is 0 Å². The van der Waals surface area contributed by atoms with Crippen LogP contribution in [0.15, 0.2) is 52.0 Å². The number of rotatable bonds is 5. The molecular formula is C15H16BrN3O3S. The van der Waals surface area contributed by atoms with Gasteiger partial charge in [-0.1, -0.05) is 0 Å². The first-order valence-electron chi connectivity index (χ1n) is 6.83. The molecule has 1 aromatic heterocycles. The van der Waals surface area contributed by atoms with Gasteiger partial charge >= 0.3 is 0 Å². The van der Waals surface area contributed by atoms with Crippen LogP contribution in [-0.4, -0.2) is 25.4 Å². The Morgan fingerprint density at radius 2 is 1.78 bits per heavy atom. The number of carbonyl (C=O) groups is 1. The van der Waals surface area contributed by atoms with Gasteiger partial charge in [-0.2, -0.15) is 0 Å². The third kappa shape index (κ3) is 4.85. The number of hydrogen-bond acceptors (Lipinski definition) is 4. The molecule has 0 unspecified atom stereocenters. The topological polar surface area (TPSA) is 88.2 Å². The van der Waals surface area contributed by atoms with E-state index in [9.17, 15) is 13.2 Å². The van der Waals surface area contributed by atoms with Crippen LogP contribution in [0.1, 0.15) is 24.2 Å². The zero-order valence-electron chi connectivity index (χ0n) is 12.6. The van der Waals surface area contributed by atoms with Crippen LogP contribution < -0.4 is 10.0 Å². The van der Waals surface area contributed by atoms with Crippen molar-refractivity contribution in [3.63, 3.8) is 0 Å². The normalized spacial score (nSPS) is 11.5. The van der Waals surface area contributed by atoms with E-state index in [1.54, 1.807) is 32.2 Å². The summed E-state index contributed by atoms with van der Waals surface area (Å²) in [5, 5.41) is 2.64. The number of halogens is 1. The molecule has 1 aromatic carbocycles. The van der Waals surface area contributed by atoms with Crippen LogP contribution in [0.4, 0.5) is 5.82 Å². The van der Waals surface area contributed by atoms with Crippen molar-refractivity contribution < 1.29 is 13.2 Å². The molecule has 0 bridgehead atoms. The summed E-state index contributed by atoms with van der Waals surface area (Å²) in [6, 6.07) is 8.94. The Balaban J connectivity index is 2.13. The van der Waals surface area contributed by atoms with Gasteiger partial charge in [0, 0.05) is 22.3 Å². The number of pyridine rings is 1. The highest BCUT2D eigenvalue weighted by molar-refractivity contribution is 9.10. The van der Waals surface area contributed by atoms with E-state index in [0.717, 1.165) is 4.47 Å². The molecule has 1 heterocycles. The zero-order valence-corrected chi connectivity index (χ0v) is 15.0. The fourth-order valence-electron chi connectivity index (χ4n) is 1.80. The van der Waals surface area contributed by atoms with Crippen LogP contribution in [0, 0.1) is 0 Å². The predicted molar refractivity (Wildman–Crippen MR) is 91.8 cm³/mol. The van der Waals surface area contributed by atoms with Gasteiger partial charge in [-0.15, -0.1) is 0 Å². The van der Waals surface area contributed by atoms with Crippen molar-refractivity contribution in [3.8, 4) is 0 Å². The van der Waals surface area contributed by atoms with Gasteiger partial charge in [0.2, 0.25) is 10.0 Å². The van der Waals surface area contributed by atoms with Gasteiger partial charge in [0.05, 0.1) is 4.90 Å². The standard InChI is InChI=1S/C15H16BrN3O3S/c1-10(2)19-23(21,22)13-6-3-11(4-7-13)15(20)18-14-8-5-12(16)9-17-14/h3-10,19H,1-2H3,(H,17,18,20). The average molecular weight is 398 g/mol.